The van der Waals surface area contributed by atoms with Crippen LogP contribution in [0.5, 0.6) is 0 Å². The Kier molecular flexibility index (Phi) is 10.2. The van der Waals surface area contributed by atoms with E-state index in [4.69, 9.17) is 22.8 Å². The minimum absolute atomic E-state index is 0.104. The van der Waals surface area contributed by atoms with Gasteiger partial charge in [0.1, 0.15) is 18.9 Å². The molecular formula is C23H33NO8Si. The van der Waals surface area contributed by atoms with E-state index in [1.807, 2.05) is 20.8 Å². The highest BCUT2D eigenvalue weighted by atomic mass is 28.4. The predicted octanol–water partition coefficient (Wildman–Crippen LogP) is 2.76. The van der Waals surface area contributed by atoms with Crippen LogP contribution in [0.4, 0.5) is 0 Å². The average molecular weight is 480 g/mol. The molecule has 1 amide bonds. The van der Waals surface area contributed by atoms with Crippen LogP contribution >= 0.6 is 0 Å². The van der Waals surface area contributed by atoms with Crippen molar-refractivity contribution in [1.82, 2.24) is 4.90 Å². The van der Waals surface area contributed by atoms with Crippen molar-refractivity contribution in [3.8, 4) is 0 Å². The number of hydrogen-bond acceptors (Lipinski definition) is 8. The molecule has 1 aliphatic rings. The number of carbonyl (C=O) groups excluding carboxylic acids is 3. The fourth-order valence-electron chi connectivity index (χ4n) is 3.49. The lowest BCUT2D eigenvalue weighted by Gasteiger charge is -2.47. The van der Waals surface area contributed by atoms with Gasteiger partial charge in [-0.05, 0) is 46.2 Å². The molecule has 1 heterocycles. The van der Waals surface area contributed by atoms with Crippen LogP contribution in [0.2, 0.25) is 0 Å². The van der Waals surface area contributed by atoms with Crippen LogP contribution in [0.1, 0.15) is 54.8 Å². The van der Waals surface area contributed by atoms with Crippen LogP contribution in [-0.4, -0.2) is 76.8 Å². The van der Waals surface area contributed by atoms with Crippen molar-refractivity contribution in [2.45, 2.75) is 39.8 Å². The van der Waals surface area contributed by atoms with E-state index >= 15 is 0 Å². The molecule has 0 aromatic heterocycles. The topological polar surface area (TPSA) is 101 Å². The molecule has 9 nitrogen and oxygen atoms in total. The normalized spacial score (nSPS) is 15.5. The highest BCUT2D eigenvalue weighted by Crippen LogP contribution is 2.32. The quantitative estimate of drug-likeness (QED) is 0.184. The summed E-state index contributed by atoms with van der Waals surface area (Å²) in [5, 5.41) is 0. The molecule has 2 rings (SSSR count). The van der Waals surface area contributed by atoms with Crippen LogP contribution in [0, 0.1) is 0 Å². The second-order valence-corrected chi connectivity index (χ2v) is 10.0. The minimum atomic E-state index is -3.13. The first-order chi connectivity index (χ1) is 15.8. The van der Waals surface area contributed by atoms with E-state index in [1.54, 1.807) is 23.1 Å². The Balaban J connectivity index is 2.14. The molecule has 1 fully saturated rings. The number of benzene rings is 1. The van der Waals surface area contributed by atoms with Gasteiger partial charge in [-0.25, -0.2) is 9.59 Å². The molecule has 0 radical (unpaired) electrons. The molecule has 1 aromatic carbocycles. The number of likely N-dealkylation sites (tertiary alicyclic amines) is 1. The summed E-state index contributed by atoms with van der Waals surface area (Å²) in [4.78, 5) is 39.1. The Labute approximate surface area is 196 Å². The van der Waals surface area contributed by atoms with Gasteiger partial charge in [0, 0.05) is 31.9 Å². The maximum absolute atomic E-state index is 13.4. The third-order valence-electron chi connectivity index (χ3n) is 5.00. The third-order valence-corrected chi connectivity index (χ3v) is 8.49. The molecule has 1 atom stereocenters. The molecule has 10 heteroatoms. The summed E-state index contributed by atoms with van der Waals surface area (Å²) < 4.78 is 28.0. The molecule has 1 saturated heterocycles. The zero-order valence-electron chi connectivity index (χ0n) is 19.8. The van der Waals surface area contributed by atoms with Crippen LogP contribution in [0.15, 0.2) is 36.4 Å². The van der Waals surface area contributed by atoms with E-state index in [0.29, 0.717) is 32.8 Å². The molecule has 0 N–H and O–H groups in total. The van der Waals surface area contributed by atoms with Crippen molar-refractivity contribution in [2.24, 2.45) is 0 Å². The van der Waals surface area contributed by atoms with Gasteiger partial charge in [0.05, 0.1) is 11.1 Å². The Morgan fingerprint density at radius 2 is 1.52 bits per heavy atom. The predicted molar refractivity (Wildman–Crippen MR) is 123 cm³/mol. The Hall–Kier alpha value is -2.53. The number of ether oxygens (including phenoxy) is 2. The number of amides is 1. The minimum Gasteiger partial charge on any atom is -0.459 e. The van der Waals surface area contributed by atoms with E-state index in [0.717, 1.165) is 0 Å². The fourth-order valence-corrected chi connectivity index (χ4v) is 6.63. The van der Waals surface area contributed by atoms with E-state index in [-0.39, 0.29) is 41.5 Å². The largest absolute Gasteiger partial charge is 0.524 e. The summed E-state index contributed by atoms with van der Waals surface area (Å²) in [5.41, 5.74) is 0.289. The second kappa shape index (κ2) is 12.6. The SMILES string of the molecule is C=C(C)C(=O)OCCOC(=O)c1ccccc1C(=O)N1CCC1[Si](OCC)(OCC)OCC. The number of hydrogen-bond donors (Lipinski definition) is 0. The number of nitrogens with zero attached hydrogens (tertiary/aromatic N) is 1. The first-order valence-electron chi connectivity index (χ1n) is 11.1. The van der Waals surface area contributed by atoms with Gasteiger partial charge < -0.3 is 27.7 Å². The van der Waals surface area contributed by atoms with Crippen molar-refractivity contribution >= 4 is 26.7 Å². The van der Waals surface area contributed by atoms with Crippen molar-refractivity contribution < 1.29 is 37.1 Å². The molecule has 1 aliphatic heterocycles. The number of carbonyl (C=O) groups is 3. The molecule has 0 aliphatic carbocycles. The van der Waals surface area contributed by atoms with E-state index < -0.39 is 20.7 Å². The molecule has 1 unspecified atom stereocenters. The maximum Gasteiger partial charge on any atom is 0.524 e. The van der Waals surface area contributed by atoms with Crippen molar-refractivity contribution in [3.05, 3.63) is 47.5 Å². The van der Waals surface area contributed by atoms with E-state index in [2.05, 4.69) is 6.58 Å². The highest BCUT2D eigenvalue weighted by Gasteiger charge is 2.57. The zero-order valence-corrected chi connectivity index (χ0v) is 20.8. The van der Waals surface area contributed by atoms with Gasteiger partial charge in [0.25, 0.3) is 5.91 Å². The van der Waals surface area contributed by atoms with Crippen LogP contribution in [-0.2, 0) is 27.5 Å². The summed E-state index contributed by atoms with van der Waals surface area (Å²) in [7, 11) is -3.13. The fraction of sp³-hybridized carbons (Fsp3) is 0.522. The van der Waals surface area contributed by atoms with E-state index in [1.165, 1.54) is 13.0 Å². The maximum atomic E-state index is 13.4. The van der Waals surface area contributed by atoms with Crippen LogP contribution < -0.4 is 0 Å². The van der Waals surface area contributed by atoms with Gasteiger partial charge in [-0.15, -0.1) is 0 Å². The lowest BCUT2D eigenvalue weighted by Crippen LogP contribution is -2.69. The summed E-state index contributed by atoms with van der Waals surface area (Å²) >= 11 is 0. The summed E-state index contributed by atoms with van der Waals surface area (Å²) in [6.45, 7) is 12.1. The summed E-state index contributed by atoms with van der Waals surface area (Å²) in [6, 6.07) is 6.46. The van der Waals surface area contributed by atoms with E-state index in [9.17, 15) is 14.4 Å². The number of esters is 2. The highest BCUT2D eigenvalue weighted by molar-refractivity contribution is 6.63. The smallest absolute Gasteiger partial charge is 0.459 e. The first kappa shape index (κ1) is 26.7. The van der Waals surface area contributed by atoms with Gasteiger partial charge in [-0.3, -0.25) is 4.79 Å². The molecule has 33 heavy (non-hydrogen) atoms. The molecule has 182 valence electrons. The van der Waals surface area contributed by atoms with Crippen molar-refractivity contribution in [1.29, 1.82) is 0 Å². The average Bonchev–Trinajstić information content (AvgIpc) is 2.76. The second-order valence-electron chi connectivity index (χ2n) is 7.30. The Morgan fingerprint density at radius 1 is 0.970 bits per heavy atom. The van der Waals surface area contributed by atoms with Crippen LogP contribution in [0.3, 0.4) is 0 Å². The van der Waals surface area contributed by atoms with Crippen molar-refractivity contribution in [2.75, 3.05) is 39.6 Å². The standard InChI is InChI=1S/C23H33NO8Si/c1-6-30-33(31-7-2,32-8-3)20-13-14-24(20)21(25)18-11-9-10-12-19(18)23(27)29-16-15-28-22(26)17(4)5/h9-12,20H,4,6-8,13-16H2,1-3,5H3. The third kappa shape index (κ3) is 6.50. The van der Waals surface area contributed by atoms with Gasteiger partial charge in [-0.2, -0.15) is 0 Å². The first-order valence-corrected chi connectivity index (χ1v) is 12.9. The lowest BCUT2D eigenvalue weighted by molar-refractivity contribution is -0.140. The monoisotopic (exact) mass is 479 g/mol. The lowest BCUT2D eigenvalue weighted by atomic mass is 10.0. The molecule has 1 aromatic rings. The zero-order chi connectivity index (χ0) is 24.4. The molecule has 0 bridgehead atoms. The Bertz CT molecular complexity index is 842. The van der Waals surface area contributed by atoms with Gasteiger partial charge in [-0.1, -0.05) is 18.7 Å². The van der Waals surface area contributed by atoms with Crippen molar-refractivity contribution in [3.63, 3.8) is 0 Å². The molecule has 0 spiro atoms. The Morgan fingerprint density at radius 3 is 2.00 bits per heavy atom. The molecule has 0 saturated carbocycles. The molecular weight excluding hydrogens is 446 g/mol. The van der Waals surface area contributed by atoms with Crippen LogP contribution in [0.25, 0.3) is 0 Å². The van der Waals surface area contributed by atoms with Gasteiger partial charge >= 0.3 is 20.7 Å². The number of rotatable bonds is 13. The summed E-state index contributed by atoms with van der Waals surface area (Å²) in [6.07, 6.45) is 0.693. The van der Waals surface area contributed by atoms with Gasteiger partial charge in [0.15, 0.2) is 0 Å². The summed E-state index contributed by atoms with van der Waals surface area (Å²) in [5.74, 6) is -1.55. The van der Waals surface area contributed by atoms with Gasteiger partial charge in [0.2, 0.25) is 0 Å².